The predicted molar refractivity (Wildman–Crippen MR) is 76.8 cm³/mol. The molecule has 0 spiro atoms. The zero-order valence-corrected chi connectivity index (χ0v) is 12.2. The minimum Gasteiger partial charge on any atom is -0.360 e. The summed E-state index contributed by atoms with van der Waals surface area (Å²) in [5.74, 6) is 0. The van der Waals surface area contributed by atoms with E-state index in [-0.39, 0.29) is 0 Å². The number of thiocarbonyl (C=S) groups is 1. The maximum absolute atomic E-state index is 5.27. The molecule has 16 heavy (non-hydrogen) atoms. The van der Waals surface area contributed by atoms with Crippen molar-refractivity contribution in [2.45, 2.75) is 38.3 Å². The maximum atomic E-state index is 5.27. The summed E-state index contributed by atoms with van der Waals surface area (Å²) in [7, 11) is 0. The summed E-state index contributed by atoms with van der Waals surface area (Å²) >= 11 is 10.4. The molecule has 1 heterocycles. The molecule has 88 valence electrons. The first-order valence-electron chi connectivity index (χ1n) is 5.51. The van der Waals surface area contributed by atoms with E-state index in [2.05, 4.69) is 38.0 Å². The van der Waals surface area contributed by atoms with Crippen molar-refractivity contribution in [3.63, 3.8) is 0 Å². The van der Waals surface area contributed by atoms with Crippen LogP contribution in [0.25, 0.3) is 0 Å². The Morgan fingerprint density at radius 1 is 1.50 bits per heavy atom. The molecule has 5 heteroatoms. The highest BCUT2D eigenvalue weighted by Crippen LogP contribution is 2.19. The van der Waals surface area contributed by atoms with Gasteiger partial charge >= 0.3 is 0 Å². The lowest BCUT2D eigenvalue weighted by Gasteiger charge is -2.15. The highest BCUT2D eigenvalue weighted by Gasteiger charge is 2.15. The summed E-state index contributed by atoms with van der Waals surface area (Å²) in [6, 6.07) is 2.71. The topological polar surface area (TPSA) is 24.1 Å². The third-order valence-corrected chi connectivity index (χ3v) is 4.70. The summed E-state index contributed by atoms with van der Waals surface area (Å²) in [6.45, 7) is 0.814. The van der Waals surface area contributed by atoms with E-state index >= 15 is 0 Å². The number of hydrogen-bond acceptors (Lipinski definition) is 2. The first-order valence-corrected chi connectivity index (χ1v) is 7.59. The van der Waals surface area contributed by atoms with Crippen LogP contribution in [0.5, 0.6) is 0 Å². The molecule has 2 N–H and O–H groups in total. The molecule has 0 atom stereocenters. The van der Waals surface area contributed by atoms with E-state index in [0.717, 1.165) is 16.1 Å². The Balaban J connectivity index is 1.71. The Bertz CT molecular complexity index is 359. The van der Waals surface area contributed by atoms with Crippen molar-refractivity contribution < 1.29 is 0 Å². The molecule has 2 nitrogen and oxygen atoms in total. The second kappa shape index (κ2) is 5.98. The molecule has 1 aromatic rings. The second-order valence-corrected chi connectivity index (χ2v) is 6.36. The zero-order valence-electron chi connectivity index (χ0n) is 8.96. The minimum atomic E-state index is 0.593. The number of hydrogen-bond donors (Lipinski definition) is 2. The third kappa shape index (κ3) is 3.71. The molecular formula is C11H15BrN2S2. The van der Waals surface area contributed by atoms with Crippen molar-refractivity contribution in [3.8, 4) is 0 Å². The van der Waals surface area contributed by atoms with Gasteiger partial charge in [0.1, 0.15) is 0 Å². The lowest BCUT2D eigenvalue weighted by molar-refractivity contribution is 0.621. The number of thiophene rings is 1. The van der Waals surface area contributed by atoms with Crippen LogP contribution in [0, 0.1) is 0 Å². The Kier molecular flexibility index (Phi) is 4.61. The largest absolute Gasteiger partial charge is 0.360 e. The van der Waals surface area contributed by atoms with Crippen molar-refractivity contribution >= 4 is 44.6 Å². The average Bonchev–Trinajstić information content (AvgIpc) is 2.87. The van der Waals surface area contributed by atoms with Crippen molar-refractivity contribution in [2.24, 2.45) is 0 Å². The van der Waals surface area contributed by atoms with Gasteiger partial charge in [-0.15, -0.1) is 11.3 Å². The van der Waals surface area contributed by atoms with Gasteiger partial charge in [-0.2, -0.15) is 0 Å². The van der Waals surface area contributed by atoms with Crippen LogP contribution in [0.4, 0.5) is 0 Å². The van der Waals surface area contributed by atoms with E-state index in [0.29, 0.717) is 6.04 Å². The minimum absolute atomic E-state index is 0.593. The molecule has 0 radical (unpaired) electrons. The van der Waals surface area contributed by atoms with Gasteiger partial charge in [0.15, 0.2) is 5.11 Å². The van der Waals surface area contributed by atoms with Gasteiger partial charge in [-0.1, -0.05) is 12.8 Å². The fourth-order valence-corrected chi connectivity index (χ4v) is 3.55. The van der Waals surface area contributed by atoms with E-state index in [1.807, 2.05) is 0 Å². The molecule has 0 saturated heterocycles. The van der Waals surface area contributed by atoms with Gasteiger partial charge in [-0.05, 0) is 47.1 Å². The lowest BCUT2D eigenvalue weighted by Crippen LogP contribution is -2.40. The Hall–Kier alpha value is -0.130. The Labute approximate surface area is 114 Å². The lowest BCUT2D eigenvalue weighted by atomic mass is 10.3. The molecule has 0 aromatic carbocycles. The van der Waals surface area contributed by atoms with Gasteiger partial charge in [0.2, 0.25) is 0 Å². The fraction of sp³-hybridized carbons (Fsp3) is 0.545. The molecule has 2 rings (SSSR count). The molecule has 1 saturated carbocycles. The fourth-order valence-electron chi connectivity index (χ4n) is 1.92. The van der Waals surface area contributed by atoms with Crippen LogP contribution in [0.15, 0.2) is 15.9 Å². The summed E-state index contributed by atoms with van der Waals surface area (Å²) in [5, 5.41) is 9.49. The first-order chi connectivity index (χ1) is 7.74. The predicted octanol–water partition coefficient (Wildman–Crippen LogP) is 3.42. The van der Waals surface area contributed by atoms with Crippen LogP contribution in [0.2, 0.25) is 0 Å². The van der Waals surface area contributed by atoms with E-state index < -0.39 is 0 Å². The molecule has 0 unspecified atom stereocenters. The Morgan fingerprint density at radius 3 is 2.88 bits per heavy atom. The van der Waals surface area contributed by atoms with Gasteiger partial charge in [0.05, 0.1) is 6.54 Å². The molecule has 1 aliphatic rings. The van der Waals surface area contributed by atoms with E-state index in [1.54, 1.807) is 11.3 Å². The van der Waals surface area contributed by atoms with Gasteiger partial charge in [-0.3, -0.25) is 0 Å². The molecular weight excluding hydrogens is 304 g/mol. The van der Waals surface area contributed by atoms with Crippen LogP contribution in [-0.2, 0) is 6.54 Å². The van der Waals surface area contributed by atoms with Gasteiger partial charge < -0.3 is 10.6 Å². The van der Waals surface area contributed by atoms with Crippen LogP contribution < -0.4 is 10.6 Å². The number of nitrogens with one attached hydrogen (secondary N) is 2. The van der Waals surface area contributed by atoms with Crippen LogP contribution >= 0.6 is 39.5 Å². The molecule has 0 amide bonds. The first kappa shape index (κ1) is 12.3. The van der Waals surface area contributed by atoms with Gasteiger partial charge in [0.25, 0.3) is 0 Å². The standard InChI is InChI=1S/C11H15BrN2S2/c12-8-5-10(16-7-8)6-13-11(15)14-9-3-1-2-4-9/h5,7,9H,1-4,6H2,(H2,13,14,15). The second-order valence-electron chi connectivity index (χ2n) is 4.04. The molecule has 1 aliphatic carbocycles. The summed E-state index contributed by atoms with van der Waals surface area (Å²) in [4.78, 5) is 1.29. The molecule has 1 fully saturated rings. The maximum Gasteiger partial charge on any atom is 0.166 e. The normalized spacial score (nSPS) is 16.3. The summed E-state index contributed by atoms with van der Waals surface area (Å²) in [6.07, 6.45) is 5.18. The third-order valence-electron chi connectivity index (χ3n) is 2.74. The van der Waals surface area contributed by atoms with Gasteiger partial charge in [-0.25, -0.2) is 0 Å². The summed E-state index contributed by atoms with van der Waals surface area (Å²) in [5.41, 5.74) is 0. The molecule has 1 aromatic heterocycles. The molecule has 0 aliphatic heterocycles. The zero-order chi connectivity index (χ0) is 11.4. The highest BCUT2D eigenvalue weighted by atomic mass is 79.9. The van der Waals surface area contributed by atoms with E-state index in [9.17, 15) is 0 Å². The van der Waals surface area contributed by atoms with Crippen LogP contribution in [-0.4, -0.2) is 11.2 Å². The average molecular weight is 319 g/mol. The van der Waals surface area contributed by atoms with E-state index in [4.69, 9.17) is 12.2 Å². The van der Waals surface area contributed by atoms with E-state index in [1.165, 1.54) is 30.6 Å². The van der Waals surface area contributed by atoms with Crippen molar-refractivity contribution in [1.82, 2.24) is 10.6 Å². The van der Waals surface area contributed by atoms with Crippen LogP contribution in [0.1, 0.15) is 30.6 Å². The van der Waals surface area contributed by atoms with Crippen LogP contribution in [0.3, 0.4) is 0 Å². The van der Waals surface area contributed by atoms with Crippen molar-refractivity contribution in [3.05, 3.63) is 20.8 Å². The smallest absolute Gasteiger partial charge is 0.166 e. The van der Waals surface area contributed by atoms with Gasteiger partial charge in [0, 0.05) is 20.8 Å². The Morgan fingerprint density at radius 2 is 2.25 bits per heavy atom. The number of rotatable bonds is 3. The highest BCUT2D eigenvalue weighted by molar-refractivity contribution is 9.10. The quantitative estimate of drug-likeness (QED) is 0.835. The monoisotopic (exact) mass is 318 g/mol. The summed E-state index contributed by atoms with van der Waals surface area (Å²) < 4.78 is 1.14. The van der Waals surface area contributed by atoms with Crippen molar-refractivity contribution in [1.29, 1.82) is 0 Å². The molecule has 0 bridgehead atoms. The van der Waals surface area contributed by atoms with Crippen molar-refractivity contribution in [2.75, 3.05) is 0 Å². The number of halogens is 1. The SMILES string of the molecule is S=C(NCc1cc(Br)cs1)NC1CCCC1.